The predicted molar refractivity (Wildman–Crippen MR) is 136 cm³/mol. The summed E-state index contributed by atoms with van der Waals surface area (Å²) in [5, 5.41) is 3.51. The Morgan fingerprint density at radius 2 is 1.68 bits per heavy atom. The number of rotatable bonds is 8. The van der Waals surface area contributed by atoms with Gasteiger partial charge in [0.15, 0.2) is 5.78 Å². The fraction of sp³-hybridized carbons (Fsp3) is 0.481. The lowest BCUT2D eigenvalue weighted by atomic mass is 9.84. The lowest BCUT2D eigenvalue weighted by molar-refractivity contribution is -0.124. The van der Waals surface area contributed by atoms with Crippen molar-refractivity contribution >= 4 is 23.5 Å². The topological polar surface area (TPSA) is 84.7 Å². The fourth-order valence-electron chi connectivity index (χ4n) is 4.31. The number of alkyl carbamates (subject to hydrolysis) is 1. The van der Waals surface area contributed by atoms with E-state index >= 15 is 0 Å². The molecule has 0 aromatic heterocycles. The number of piperidine rings is 1. The second kappa shape index (κ2) is 11.8. The van der Waals surface area contributed by atoms with Crippen LogP contribution in [0.4, 0.5) is 4.79 Å². The van der Waals surface area contributed by atoms with Crippen LogP contribution in [0.15, 0.2) is 54.6 Å². The van der Waals surface area contributed by atoms with E-state index in [9.17, 15) is 9.59 Å². The Labute approximate surface area is 207 Å². The maximum Gasteiger partial charge on any atom is 0.408 e. The molecule has 0 saturated carbocycles. The molecule has 184 valence electrons. The van der Waals surface area contributed by atoms with Crippen molar-refractivity contribution in [1.82, 2.24) is 10.2 Å². The number of nitrogens with one attached hydrogen (secondary N) is 1. The summed E-state index contributed by atoms with van der Waals surface area (Å²) in [6.45, 7) is 7.98. The Balaban J connectivity index is 1.60. The highest BCUT2D eigenvalue weighted by atomic mass is 35.5. The van der Waals surface area contributed by atoms with Gasteiger partial charge in [-0.05, 0) is 82.3 Å². The predicted octanol–water partition coefficient (Wildman–Crippen LogP) is 4.58. The van der Waals surface area contributed by atoms with Gasteiger partial charge < -0.3 is 15.8 Å². The van der Waals surface area contributed by atoms with Crippen molar-refractivity contribution in [2.24, 2.45) is 11.7 Å². The molecule has 1 aliphatic heterocycles. The number of likely N-dealkylation sites (tertiary alicyclic amines) is 1. The summed E-state index contributed by atoms with van der Waals surface area (Å²) in [5.41, 5.74) is 8.02. The molecule has 1 unspecified atom stereocenters. The van der Waals surface area contributed by atoms with E-state index < -0.39 is 23.8 Å². The third kappa shape index (κ3) is 8.12. The molecule has 7 heteroatoms. The third-order valence-electron chi connectivity index (χ3n) is 6.11. The van der Waals surface area contributed by atoms with Crippen LogP contribution in [0.25, 0.3) is 0 Å². The van der Waals surface area contributed by atoms with Crippen molar-refractivity contribution in [3.8, 4) is 0 Å². The maximum absolute atomic E-state index is 13.4. The number of ether oxygens (including phenoxy) is 1. The van der Waals surface area contributed by atoms with Crippen LogP contribution < -0.4 is 11.1 Å². The molecule has 3 rings (SSSR count). The van der Waals surface area contributed by atoms with Gasteiger partial charge in [0.05, 0.1) is 12.1 Å². The molecule has 1 fully saturated rings. The van der Waals surface area contributed by atoms with Crippen molar-refractivity contribution in [3.63, 3.8) is 0 Å². The standard InChI is InChI=1S/C27H36ClN3O3/c1-27(2,3)34-26(33)30-23(17-19-7-5-4-6-8-19)25(32)24(29)21-13-15-31(16-14-21)18-20-9-11-22(28)12-10-20/h4-12,21,23-24H,13-18,29H2,1-3H3,(H,30,33)/t23-,24?/m1/s1. The number of Topliss-reactive ketones (excluding diaryl/α,β-unsaturated/α-hetero) is 1. The van der Waals surface area contributed by atoms with Crippen LogP contribution in [0.1, 0.15) is 44.7 Å². The van der Waals surface area contributed by atoms with Gasteiger partial charge in [0.25, 0.3) is 0 Å². The molecular weight excluding hydrogens is 450 g/mol. The summed E-state index contributed by atoms with van der Waals surface area (Å²) in [6, 6.07) is 16.2. The minimum absolute atomic E-state index is 0.0766. The zero-order chi connectivity index (χ0) is 24.7. The average Bonchev–Trinajstić information content (AvgIpc) is 2.79. The molecule has 2 aromatic rings. The van der Waals surface area contributed by atoms with Crippen LogP contribution >= 0.6 is 11.6 Å². The summed E-state index contributed by atoms with van der Waals surface area (Å²) in [6.07, 6.45) is 1.45. The number of nitrogens with zero attached hydrogens (tertiary/aromatic N) is 1. The van der Waals surface area contributed by atoms with Crippen LogP contribution in [0.2, 0.25) is 5.02 Å². The normalized spacial score (nSPS) is 17.1. The number of amides is 1. The van der Waals surface area contributed by atoms with Crippen LogP contribution in [0.5, 0.6) is 0 Å². The van der Waals surface area contributed by atoms with Gasteiger partial charge in [-0.3, -0.25) is 9.69 Å². The van der Waals surface area contributed by atoms with Crippen molar-refractivity contribution < 1.29 is 14.3 Å². The van der Waals surface area contributed by atoms with Gasteiger partial charge in [-0.15, -0.1) is 0 Å². The van der Waals surface area contributed by atoms with Crippen molar-refractivity contribution in [2.45, 2.75) is 64.3 Å². The van der Waals surface area contributed by atoms with Gasteiger partial charge in [-0.25, -0.2) is 4.79 Å². The number of halogens is 1. The van der Waals surface area contributed by atoms with E-state index in [2.05, 4.69) is 10.2 Å². The minimum Gasteiger partial charge on any atom is -0.444 e. The van der Waals surface area contributed by atoms with Gasteiger partial charge in [0, 0.05) is 11.6 Å². The summed E-state index contributed by atoms with van der Waals surface area (Å²) in [5.74, 6) is -0.0708. The molecule has 2 atom stereocenters. The van der Waals surface area contributed by atoms with Gasteiger partial charge >= 0.3 is 6.09 Å². The summed E-state index contributed by atoms with van der Waals surface area (Å²) >= 11 is 5.98. The van der Waals surface area contributed by atoms with Crippen LogP contribution in [0.3, 0.4) is 0 Å². The highest BCUT2D eigenvalue weighted by molar-refractivity contribution is 6.30. The molecule has 0 bridgehead atoms. The number of benzene rings is 2. The molecule has 0 aliphatic carbocycles. The van der Waals surface area contributed by atoms with E-state index in [-0.39, 0.29) is 11.7 Å². The number of hydrogen-bond acceptors (Lipinski definition) is 5. The molecular formula is C27H36ClN3O3. The maximum atomic E-state index is 13.4. The molecule has 1 aliphatic rings. The molecule has 2 aromatic carbocycles. The van der Waals surface area contributed by atoms with Crippen molar-refractivity contribution in [3.05, 3.63) is 70.7 Å². The first-order valence-corrected chi connectivity index (χ1v) is 12.3. The summed E-state index contributed by atoms with van der Waals surface area (Å²) in [7, 11) is 0. The number of carbonyl (C=O) groups is 2. The lowest BCUT2D eigenvalue weighted by Gasteiger charge is -2.35. The summed E-state index contributed by atoms with van der Waals surface area (Å²) in [4.78, 5) is 28.3. The summed E-state index contributed by atoms with van der Waals surface area (Å²) < 4.78 is 5.40. The third-order valence-corrected chi connectivity index (χ3v) is 6.36. The quantitative estimate of drug-likeness (QED) is 0.571. The van der Waals surface area contributed by atoms with Gasteiger partial charge in [-0.2, -0.15) is 0 Å². The molecule has 6 nitrogen and oxygen atoms in total. The van der Waals surface area contributed by atoms with Crippen LogP contribution in [-0.4, -0.2) is 47.6 Å². The molecule has 34 heavy (non-hydrogen) atoms. The highest BCUT2D eigenvalue weighted by Gasteiger charge is 2.34. The number of ketones is 1. The Morgan fingerprint density at radius 1 is 1.06 bits per heavy atom. The van der Waals surface area contributed by atoms with Gasteiger partial charge in [-0.1, -0.05) is 54.1 Å². The van der Waals surface area contributed by atoms with E-state index in [1.54, 1.807) is 20.8 Å². The molecule has 1 heterocycles. The Hall–Kier alpha value is -2.41. The van der Waals surface area contributed by atoms with E-state index in [4.69, 9.17) is 22.1 Å². The average molecular weight is 486 g/mol. The monoisotopic (exact) mass is 485 g/mol. The minimum atomic E-state index is -0.737. The van der Waals surface area contributed by atoms with Crippen LogP contribution in [0, 0.1) is 5.92 Å². The number of hydrogen-bond donors (Lipinski definition) is 2. The lowest BCUT2D eigenvalue weighted by Crippen LogP contribution is -2.54. The Kier molecular flexibility index (Phi) is 9.11. The molecule has 1 saturated heterocycles. The second-order valence-electron chi connectivity index (χ2n) is 10.1. The zero-order valence-electron chi connectivity index (χ0n) is 20.3. The Bertz CT molecular complexity index is 936. The SMILES string of the molecule is CC(C)(C)OC(=O)N[C@H](Cc1ccccc1)C(=O)C(N)C1CCN(Cc2ccc(Cl)cc2)CC1. The first-order valence-electron chi connectivity index (χ1n) is 11.9. The first kappa shape index (κ1) is 26.2. The highest BCUT2D eigenvalue weighted by Crippen LogP contribution is 2.23. The molecule has 3 N–H and O–H groups in total. The smallest absolute Gasteiger partial charge is 0.408 e. The van der Waals surface area contributed by atoms with E-state index in [1.165, 1.54) is 5.56 Å². The fourth-order valence-corrected chi connectivity index (χ4v) is 4.43. The zero-order valence-corrected chi connectivity index (χ0v) is 21.1. The van der Waals surface area contributed by atoms with Gasteiger partial charge in [0.1, 0.15) is 5.60 Å². The van der Waals surface area contributed by atoms with Crippen molar-refractivity contribution in [1.29, 1.82) is 0 Å². The molecule has 1 amide bonds. The molecule has 0 spiro atoms. The number of nitrogens with two attached hydrogens (primary N) is 1. The van der Waals surface area contributed by atoms with E-state index in [0.29, 0.717) is 6.42 Å². The first-order chi connectivity index (χ1) is 16.1. The number of carbonyl (C=O) groups excluding carboxylic acids is 2. The Morgan fingerprint density at radius 3 is 2.26 bits per heavy atom. The van der Waals surface area contributed by atoms with Gasteiger partial charge in [0.2, 0.25) is 0 Å². The second-order valence-corrected chi connectivity index (χ2v) is 10.5. The van der Waals surface area contributed by atoms with E-state index in [0.717, 1.165) is 43.1 Å². The molecule has 0 radical (unpaired) electrons. The van der Waals surface area contributed by atoms with Crippen molar-refractivity contribution in [2.75, 3.05) is 13.1 Å². The largest absolute Gasteiger partial charge is 0.444 e. The van der Waals surface area contributed by atoms with Crippen LogP contribution in [-0.2, 0) is 22.5 Å². The van der Waals surface area contributed by atoms with E-state index in [1.807, 2.05) is 54.6 Å².